The molecule has 5 aromatic rings. The zero-order chi connectivity index (χ0) is 28.4. The Bertz CT molecular complexity index is 1330. The lowest BCUT2D eigenvalue weighted by Crippen LogP contribution is -2.28. The van der Waals surface area contributed by atoms with Crippen molar-refractivity contribution in [2.24, 2.45) is 0 Å². The van der Waals surface area contributed by atoms with Gasteiger partial charge in [0.1, 0.15) is 11.5 Å². The number of hydrogen-bond donors (Lipinski definition) is 0. The van der Waals surface area contributed by atoms with E-state index in [1.165, 1.54) is 57.5 Å². The van der Waals surface area contributed by atoms with E-state index in [0.29, 0.717) is 0 Å². The van der Waals surface area contributed by atoms with Gasteiger partial charge in [-0.25, -0.2) is 0 Å². The molecular weight excluding hydrogens is 550 g/mol. The maximum absolute atomic E-state index is 6.79. The predicted octanol–water partition coefficient (Wildman–Crippen LogP) is 7.31. The third-order valence-electron chi connectivity index (χ3n) is 7.63. The van der Waals surface area contributed by atoms with Crippen molar-refractivity contribution < 1.29 is 9.47 Å². The minimum Gasteiger partial charge on any atom is -0.493 e. The third-order valence-corrected chi connectivity index (χ3v) is 12.6. The average molecular weight is 589 g/mol. The molecular formula is C38H38O2P2. The van der Waals surface area contributed by atoms with Gasteiger partial charge >= 0.3 is 0 Å². The topological polar surface area (TPSA) is 18.5 Å². The molecule has 0 spiro atoms. The fourth-order valence-corrected chi connectivity index (χ4v) is 10.3. The first-order chi connectivity index (χ1) is 20.9. The van der Waals surface area contributed by atoms with Crippen molar-refractivity contribution in [3.8, 4) is 11.5 Å². The van der Waals surface area contributed by atoms with Crippen molar-refractivity contribution >= 4 is 47.7 Å². The quantitative estimate of drug-likeness (QED) is 0.194. The first kappa shape index (κ1) is 28.7. The Morgan fingerprint density at radius 1 is 0.357 bits per heavy atom. The highest BCUT2D eigenvalue weighted by Crippen LogP contribution is 2.42. The van der Waals surface area contributed by atoms with Crippen molar-refractivity contribution in [2.45, 2.75) is 38.5 Å². The summed E-state index contributed by atoms with van der Waals surface area (Å²) in [6, 6.07) is 48.3. The molecule has 2 bridgehead atoms. The summed E-state index contributed by atoms with van der Waals surface area (Å²) in [7, 11) is -1.69. The summed E-state index contributed by atoms with van der Waals surface area (Å²) in [4.78, 5) is 0. The Balaban J connectivity index is 1.57. The average Bonchev–Trinajstić information content (AvgIpc) is 3.05. The van der Waals surface area contributed by atoms with E-state index in [9.17, 15) is 0 Å². The Labute approximate surface area is 253 Å². The molecule has 2 aliphatic rings. The van der Waals surface area contributed by atoms with Crippen LogP contribution in [0.5, 0.6) is 11.5 Å². The molecule has 42 heavy (non-hydrogen) atoms. The lowest BCUT2D eigenvalue weighted by atomic mass is 10.1. The van der Waals surface area contributed by atoms with Crippen LogP contribution in [-0.2, 0) is 0 Å². The van der Waals surface area contributed by atoms with E-state index in [2.05, 4.69) is 133 Å². The van der Waals surface area contributed by atoms with Crippen molar-refractivity contribution in [1.29, 1.82) is 0 Å². The van der Waals surface area contributed by atoms with Crippen LogP contribution in [0.1, 0.15) is 38.5 Å². The Kier molecular flexibility index (Phi) is 9.99. The molecule has 0 N–H and O–H groups in total. The minimum absolute atomic E-state index is 0.730. The van der Waals surface area contributed by atoms with Gasteiger partial charge in [0, 0.05) is 10.6 Å². The fourth-order valence-electron chi connectivity index (χ4n) is 5.56. The van der Waals surface area contributed by atoms with Gasteiger partial charge in [-0.2, -0.15) is 0 Å². The SMILES string of the molecule is c1ccc(P(c2ccccc2)c2cc3c(P(c4ccccc4)c4ccccc4)cc2OCCCCCCCCO3)cc1. The molecule has 2 nitrogen and oxygen atoms in total. The molecule has 2 aliphatic heterocycles. The van der Waals surface area contributed by atoms with E-state index in [-0.39, 0.29) is 0 Å². The lowest BCUT2D eigenvalue weighted by Gasteiger charge is -2.27. The lowest BCUT2D eigenvalue weighted by molar-refractivity contribution is 0.293. The first-order valence-electron chi connectivity index (χ1n) is 15.1. The molecule has 4 heteroatoms. The molecule has 0 unspecified atom stereocenters. The highest BCUT2D eigenvalue weighted by Gasteiger charge is 2.27. The van der Waals surface area contributed by atoms with Crippen LogP contribution in [-0.4, -0.2) is 13.2 Å². The van der Waals surface area contributed by atoms with E-state index in [1.54, 1.807) is 0 Å². The maximum atomic E-state index is 6.79. The number of ether oxygens (including phenoxy) is 2. The van der Waals surface area contributed by atoms with E-state index in [0.717, 1.165) is 37.6 Å². The number of benzene rings is 5. The van der Waals surface area contributed by atoms with Crippen molar-refractivity contribution in [3.63, 3.8) is 0 Å². The van der Waals surface area contributed by atoms with Gasteiger partial charge in [-0.05, 0) is 62.0 Å². The Morgan fingerprint density at radius 2 is 0.643 bits per heavy atom. The normalized spacial score (nSPS) is 14.2. The molecule has 212 valence electrons. The molecule has 0 amide bonds. The molecule has 0 atom stereocenters. The maximum Gasteiger partial charge on any atom is 0.128 e. The van der Waals surface area contributed by atoms with Gasteiger partial charge in [-0.1, -0.05) is 147 Å². The van der Waals surface area contributed by atoms with Crippen LogP contribution in [0.15, 0.2) is 133 Å². The molecule has 5 aromatic carbocycles. The van der Waals surface area contributed by atoms with Crippen LogP contribution >= 0.6 is 15.8 Å². The van der Waals surface area contributed by atoms with Crippen LogP contribution in [0.4, 0.5) is 0 Å². The fraction of sp³-hybridized carbons (Fsp3) is 0.211. The van der Waals surface area contributed by atoms with Gasteiger partial charge < -0.3 is 9.47 Å². The standard InChI is InChI=1S/C38H38O2P2/c1-2-4-18-28-40-36-30-37(41(31-19-9-5-10-20-31)32-21-11-6-12-22-32)35(39-27-17-3-1)29-38(36)42(33-23-13-7-14-24-33)34-25-15-8-16-26-34/h5-16,19-26,29-30H,1-4,17-18,27-28H2. The van der Waals surface area contributed by atoms with Crippen molar-refractivity contribution in [1.82, 2.24) is 0 Å². The van der Waals surface area contributed by atoms with Crippen LogP contribution in [0.25, 0.3) is 0 Å². The summed E-state index contributed by atoms with van der Waals surface area (Å²) in [5.74, 6) is 1.99. The third kappa shape index (κ3) is 6.95. The summed E-state index contributed by atoms with van der Waals surface area (Å²) in [6.07, 6.45) is 7.07. The van der Waals surface area contributed by atoms with Gasteiger partial charge in [0.15, 0.2) is 0 Å². The summed E-state index contributed by atoms with van der Waals surface area (Å²) in [5, 5.41) is 7.73. The second-order valence-electron chi connectivity index (χ2n) is 10.6. The van der Waals surface area contributed by atoms with Crippen LogP contribution < -0.4 is 41.3 Å². The van der Waals surface area contributed by atoms with Gasteiger partial charge in [0.25, 0.3) is 0 Å². The zero-order valence-corrected chi connectivity index (χ0v) is 25.9. The zero-order valence-electron chi connectivity index (χ0n) is 24.1. The van der Waals surface area contributed by atoms with Gasteiger partial charge in [0.2, 0.25) is 0 Å². The molecule has 0 fully saturated rings. The summed E-state index contributed by atoms with van der Waals surface area (Å²) in [6.45, 7) is 1.46. The number of hydrogen-bond acceptors (Lipinski definition) is 2. The van der Waals surface area contributed by atoms with E-state index < -0.39 is 15.8 Å². The first-order valence-corrected chi connectivity index (χ1v) is 17.8. The molecule has 7 rings (SSSR count). The van der Waals surface area contributed by atoms with Gasteiger partial charge in [-0.15, -0.1) is 0 Å². The van der Waals surface area contributed by atoms with Gasteiger partial charge in [-0.3, -0.25) is 0 Å². The van der Waals surface area contributed by atoms with Crippen LogP contribution in [0, 0.1) is 0 Å². The van der Waals surface area contributed by atoms with Crippen molar-refractivity contribution in [3.05, 3.63) is 133 Å². The molecule has 0 aliphatic carbocycles. The molecule has 0 aromatic heterocycles. The highest BCUT2D eigenvalue weighted by molar-refractivity contribution is 7.80. The summed E-state index contributed by atoms with van der Waals surface area (Å²) >= 11 is 0. The second kappa shape index (κ2) is 14.6. The number of rotatable bonds is 6. The summed E-state index contributed by atoms with van der Waals surface area (Å²) in [5.41, 5.74) is 0. The molecule has 0 saturated carbocycles. The molecule has 2 heterocycles. The molecule has 0 radical (unpaired) electrons. The van der Waals surface area contributed by atoms with Crippen molar-refractivity contribution in [2.75, 3.05) is 13.2 Å². The molecule has 0 saturated heterocycles. The van der Waals surface area contributed by atoms with E-state index in [4.69, 9.17) is 9.47 Å². The van der Waals surface area contributed by atoms with Crippen LogP contribution in [0.3, 0.4) is 0 Å². The minimum atomic E-state index is -0.846. The number of fused-ring (bicyclic) bond motifs is 11. The largest absolute Gasteiger partial charge is 0.493 e. The van der Waals surface area contributed by atoms with Gasteiger partial charge in [0.05, 0.1) is 13.2 Å². The van der Waals surface area contributed by atoms with E-state index in [1.807, 2.05) is 0 Å². The summed E-state index contributed by atoms with van der Waals surface area (Å²) < 4.78 is 13.6. The van der Waals surface area contributed by atoms with Crippen LogP contribution in [0.2, 0.25) is 0 Å². The highest BCUT2D eigenvalue weighted by atomic mass is 31.1. The Hall–Kier alpha value is -3.44. The second-order valence-corrected chi connectivity index (χ2v) is 15.0. The Morgan fingerprint density at radius 3 is 0.952 bits per heavy atom. The monoisotopic (exact) mass is 588 g/mol. The van der Waals surface area contributed by atoms with E-state index >= 15 is 0 Å². The predicted molar refractivity (Wildman–Crippen MR) is 183 cm³/mol. The smallest absolute Gasteiger partial charge is 0.128 e.